The quantitative estimate of drug-likeness (QED) is 0.907. The number of hydrogen-bond acceptors (Lipinski definition) is 2. The van der Waals surface area contributed by atoms with E-state index in [9.17, 15) is 9.90 Å². The van der Waals surface area contributed by atoms with Crippen LogP contribution in [0.3, 0.4) is 0 Å². The van der Waals surface area contributed by atoms with Gasteiger partial charge in [-0.05, 0) is 29.9 Å². The Kier molecular flexibility index (Phi) is 4.72. The van der Waals surface area contributed by atoms with Crippen molar-refractivity contribution in [1.82, 2.24) is 4.90 Å². The van der Waals surface area contributed by atoms with Gasteiger partial charge in [-0.2, -0.15) is 0 Å². The molecule has 1 amide bonds. The number of benzene rings is 1. The van der Waals surface area contributed by atoms with Crippen molar-refractivity contribution in [2.24, 2.45) is 0 Å². The zero-order chi connectivity index (χ0) is 15.6. The van der Waals surface area contributed by atoms with E-state index < -0.39 is 6.10 Å². The molecule has 2 unspecified atom stereocenters. The highest BCUT2D eigenvalue weighted by atomic mass is 16.3. The smallest absolute Gasteiger partial charge is 0.254 e. The summed E-state index contributed by atoms with van der Waals surface area (Å²) in [7, 11) is 1.82. The number of nitrogens with zero attached hydrogens (tertiary/aromatic N) is 1. The van der Waals surface area contributed by atoms with Gasteiger partial charge in [-0.3, -0.25) is 4.79 Å². The Morgan fingerprint density at radius 2 is 1.81 bits per heavy atom. The van der Waals surface area contributed by atoms with Crippen LogP contribution in [0.5, 0.6) is 0 Å². The predicted octanol–water partition coefficient (Wildman–Crippen LogP) is 3.36. The second-order valence-corrected chi connectivity index (χ2v) is 7.13. The van der Waals surface area contributed by atoms with Gasteiger partial charge in [0.05, 0.1) is 12.1 Å². The summed E-state index contributed by atoms with van der Waals surface area (Å²) in [6.45, 7) is 6.36. The van der Waals surface area contributed by atoms with Crippen LogP contribution in [0, 0.1) is 0 Å². The number of likely N-dealkylation sites (N-methyl/N-ethyl adjacent to an activating group) is 1. The Balaban J connectivity index is 2.28. The third kappa shape index (κ3) is 3.46. The number of aliphatic hydroxyl groups is 1. The van der Waals surface area contributed by atoms with Crippen LogP contribution in [0.25, 0.3) is 0 Å². The van der Waals surface area contributed by atoms with E-state index in [0.29, 0.717) is 0 Å². The monoisotopic (exact) mass is 289 g/mol. The van der Waals surface area contributed by atoms with Gasteiger partial charge in [0.2, 0.25) is 0 Å². The van der Waals surface area contributed by atoms with Crippen LogP contribution >= 0.6 is 0 Å². The minimum atomic E-state index is -0.394. The molecule has 0 bridgehead atoms. The number of hydrogen-bond donors (Lipinski definition) is 1. The van der Waals surface area contributed by atoms with E-state index in [1.807, 2.05) is 31.3 Å². The Hall–Kier alpha value is -1.35. The van der Waals surface area contributed by atoms with Crippen molar-refractivity contribution in [1.29, 1.82) is 0 Å². The molecule has 2 atom stereocenters. The van der Waals surface area contributed by atoms with Gasteiger partial charge in [0.1, 0.15) is 0 Å². The van der Waals surface area contributed by atoms with Crippen LogP contribution in [0.15, 0.2) is 24.3 Å². The molecule has 2 rings (SSSR count). The summed E-state index contributed by atoms with van der Waals surface area (Å²) in [6.07, 6.45) is 3.43. The number of carbonyl (C=O) groups excluding carboxylic acids is 1. The van der Waals surface area contributed by atoms with Gasteiger partial charge in [0.25, 0.3) is 5.91 Å². The molecule has 0 saturated heterocycles. The van der Waals surface area contributed by atoms with Crippen LogP contribution in [-0.2, 0) is 5.41 Å². The number of aliphatic hydroxyl groups excluding tert-OH is 1. The molecular weight excluding hydrogens is 262 g/mol. The normalized spacial score (nSPS) is 22.9. The minimum Gasteiger partial charge on any atom is -0.391 e. The third-order valence-corrected chi connectivity index (χ3v) is 4.48. The first kappa shape index (κ1) is 16.0. The molecule has 1 aliphatic carbocycles. The topological polar surface area (TPSA) is 40.5 Å². The Morgan fingerprint density at radius 3 is 2.43 bits per heavy atom. The highest BCUT2D eigenvalue weighted by Crippen LogP contribution is 2.28. The first-order valence-corrected chi connectivity index (χ1v) is 7.87. The SMILES string of the molecule is CN(C(=O)c1ccccc1C(C)(C)C)C1CCCCC1O. The predicted molar refractivity (Wildman–Crippen MR) is 85.5 cm³/mol. The molecule has 3 nitrogen and oxygen atoms in total. The van der Waals surface area contributed by atoms with Crippen molar-refractivity contribution >= 4 is 5.91 Å². The van der Waals surface area contributed by atoms with Gasteiger partial charge < -0.3 is 10.0 Å². The van der Waals surface area contributed by atoms with Crippen LogP contribution in [-0.4, -0.2) is 35.1 Å². The standard InChI is InChI=1S/C18H27NO2/c1-18(2,3)14-10-6-5-9-13(14)17(21)19(4)15-11-7-8-12-16(15)20/h5-6,9-10,15-16,20H,7-8,11-12H2,1-4H3. The molecule has 1 fully saturated rings. The van der Waals surface area contributed by atoms with E-state index in [1.54, 1.807) is 4.90 Å². The molecule has 3 heteroatoms. The average Bonchev–Trinajstić information content (AvgIpc) is 2.45. The van der Waals surface area contributed by atoms with Crippen molar-refractivity contribution in [3.8, 4) is 0 Å². The minimum absolute atomic E-state index is 0.0199. The Labute approximate surface area is 128 Å². The maximum Gasteiger partial charge on any atom is 0.254 e. The van der Waals surface area contributed by atoms with Gasteiger partial charge in [-0.25, -0.2) is 0 Å². The van der Waals surface area contributed by atoms with Crippen LogP contribution in [0.4, 0.5) is 0 Å². The molecule has 1 aromatic rings. The molecule has 21 heavy (non-hydrogen) atoms. The summed E-state index contributed by atoms with van der Waals surface area (Å²) < 4.78 is 0. The Bertz CT molecular complexity index is 504. The van der Waals surface area contributed by atoms with Crippen LogP contribution in [0.1, 0.15) is 62.4 Å². The van der Waals surface area contributed by atoms with Crippen LogP contribution < -0.4 is 0 Å². The lowest BCUT2D eigenvalue weighted by molar-refractivity contribution is 0.0266. The first-order chi connectivity index (χ1) is 9.82. The molecule has 0 aromatic heterocycles. The number of carbonyl (C=O) groups is 1. The van der Waals surface area contributed by atoms with Crippen molar-refractivity contribution in [3.05, 3.63) is 35.4 Å². The van der Waals surface area contributed by atoms with Gasteiger partial charge in [0.15, 0.2) is 0 Å². The largest absolute Gasteiger partial charge is 0.391 e. The molecule has 1 N–H and O–H groups in total. The maximum absolute atomic E-state index is 12.9. The number of rotatable bonds is 2. The summed E-state index contributed by atoms with van der Waals surface area (Å²) in [5, 5.41) is 10.2. The maximum atomic E-state index is 12.9. The van der Waals surface area contributed by atoms with Gasteiger partial charge in [0, 0.05) is 12.6 Å². The summed E-state index contributed by atoms with van der Waals surface area (Å²) in [6, 6.07) is 7.76. The summed E-state index contributed by atoms with van der Waals surface area (Å²) in [5.74, 6) is 0.0199. The lowest BCUT2D eigenvalue weighted by Gasteiger charge is -2.36. The summed E-state index contributed by atoms with van der Waals surface area (Å²) in [5.41, 5.74) is 1.75. The average molecular weight is 289 g/mol. The molecule has 0 aliphatic heterocycles. The molecule has 1 aromatic carbocycles. The van der Waals surface area contributed by atoms with Crippen molar-refractivity contribution in [2.45, 2.75) is 64.0 Å². The lowest BCUT2D eigenvalue weighted by Crippen LogP contribution is -2.46. The van der Waals surface area contributed by atoms with E-state index in [4.69, 9.17) is 0 Å². The van der Waals surface area contributed by atoms with Crippen molar-refractivity contribution in [3.63, 3.8) is 0 Å². The van der Waals surface area contributed by atoms with E-state index in [1.165, 1.54) is 0 Å². The van der Waals surface area contributed by atoms with Crippen LogP contribution in [0.2, 0.25) is 0 Å². The molecule has 0 heterocycles. The number of amides is 1. The molecular formula is C18H27NO2. The van der Waals surface area contributed by atoms with Gasteiger partial charge in [-0.15, -0.1) is 0 Å². The highest BCUT2D eigenvalue weighted by Gasteiger charge is 2.31. The zero-order valence-electron chi connectivity index (χ0n) is 13.6. The lowest BCUT2D eigenvalue weighted by atomic mass is 9.83. The van der Waals surface area contributed by atoms with Gasteiger partial charge >= 0.3 is 0 Å². The van der Waals surface area contributed by atoms with E-state index in [0.717, 1.165) is 36.8 Å². The Morgan fingerprint density at radius 1 is 1.19 bits per heavy atom. The van der Waals surface area contributed by atoms with Gasteiger partial charge in [-0.1, -0.05) is 51.8 Å². The summed E-state index contributed by atoms with van der Waals surface area (Å²) >= 11 is 0. The third-order valence-electron chi connectivity index (χ3n) is 4.48. The van der Waals surface area contributed by atoms with E-state index >= 15 is 0 Å². The molecule has 0 radical (unpaired) electrons. The second kappa shape index (κ2) is 6.18. The van der Waals surface area contributed by atoms with E-state index in [2.05, 4.69) is 20.8 Å². The highest BCUT2D eigenvalue weighted by molar-refractivity contribution is 5.96. The molecule has 116 valence electrons. The molecule has 0 spiro atoms. The fourth-order valence-electron chi connectivity index (χ4n) is 3.21. The summed E-state index contributed by atoms with van der Waals surface area (Å²) in [4.78, 5) is 14.6. The fourth-order valence-corrected chi connectivity index (χ4v) is 3.21. The second-order valence-electron chi connectivity index (χ2n) is 7.13. The zero-order valence-corrected chi connectivity index (χ0v) is 13.6. The molecule has 1 saturated carbocycles. The first-order valence-electron chi connectivity index (χ1n) is 7.87. The molecule has 1 aliphatic rings. The fraction of sp³-hybridized carbons (Fsp3) is 0.611. The van der Waals surface area contributed by atoms with Crippen molar-refractivity contribution < 1.29 is 9.90 Å². The van der Waals surface area contributed by atoms with Crippen molar-refractivity contribution in [2.75, 3.05) is 7.05 Å². The van der Waals surface area contributed by atoms with E-state index in [-0.39, 0.29) is 17.4 Å².